The van der Waals surface area contributed by atoms with Gasteiger partial charge in [-0.15, -0.1) is 0 Å². The van der Waals surface area contributed by atoms with E-state index >= 15 is 0 Å². The Morgan fingerprint density at radius 3 is 2.27 bits per heavy atom. The van der Waals surface area contributed by atoms with Crippen molar-refractivity contribution >= 4 is 0 Å². The number of ether oxygens (including phenoxy) is 3. The second kappa shape index (κ2) is 14.4. The molecule has 0 aromatic heterocycles. The molecule has 1 fully saturated rings. The van der Waals surface area contributed by atoms with Gasteiger partial charge < -0.3 is 19.3 Å². The molecule has 1 aliphatic heterocycles. The third kappa shape index (κ3) is 11.4. The van der Waals surface area contributed by atoms with Crippen LogP contribution < -0.4 is 0 Å². The second-order valence-electron chi connectivity index (χ2n) is 6.35. The highest BCUT2D eigenvalue weighted by atomic mass is 16.5. The van der Waals surface area contributed by atoms with Crippen molar-refractivity contribution in [2.24, 2.45) is 0 Å². The number of hydrogen-bond donors (Lipinski definition) is 1. The first-order valence-corrected chi connectivity index (χ1v) is 9.28. The number of hydrogen-bond acceptors (Lipinski definition) is 4. The summed E-state index contributed by atoms with van der Waals surface area (Å²) in [4.78, 5) is 0. The summed E-state index contributed by atoms with van der Waals surface area (Å²) < 4.78 is 17.0. The molecule has 1 rings (SSSR count). The monoisotopic (exact) mass is 316 g/mol. The molecule has 2 unspecified atom stereocenters. The van der Waals surface area contributed by atoms with E-state index in [1.54, 1.807) is 0 Å². The summed E-state index contributed by atoms with van der Waals surface area (Å²) in [7, 11) is 0. The van der Waals surface area contributed by atoms with Crippen molar-refractivity contribution in [2.75, 3.05) is 33.0 Å². The average Bonchev–Trinajstić information content (AvgIpc) is 2.53. The fraction of sp³-hybridized carbons (Fsp3) is 1.00. The predicted octanol–water partition coefficient (Wildman–Crippen LogP) is 3.70. The molecule has 0 aliphatic carbocycles. The molecule has 0 amide bonds. The van der Waals surface area contributed by atoms with Gasteiger partial charge in [-0.2, -0.15) is 0 Å². The zero-order valence-electron chi connectivity index (χ0n) is 14.4. The Kier molecular flexibility index (Phi) is 13.0. The summed E-state index contributed by atoms with van der Waals surface area (Å²) in [5.74, 6) is 0. The molecule has 0 aromatic rings. The van der Waals surface area contributed by atoms with Gasteiger partial charge in [0.2, 0.25) is 0 Å². The third-order valence-corrected chi connectivity index (χ3v) is 4.15. The van der Waals surface area contributed by atoms with Crippen LogP contribution in [0.25, 0.3) is 0 Å². The first-order chi connectivity index (χ1) is 10.8. The Labute approximate surface area is 136 Å². The maximum Gasteiger partial charge on any atom is 0.0830 e. The lowest BCUT2D eigenvalue weighted by Crippen LogP contribution is -2.27. The molecule has 0 saturated carbocycles. The lowest BCUT2D eigenvalue weighted by atomic mass is 10.1. The van der Waals surface area contributed by atoms with Crippen LogP contribution in [0.5, 0.6) is 0 Å². The highest BCUT2D eigenvalue weighted by Crippen LogP contribution is 2.10. The van der Waals surface area contributed by atoms with Crippen molar-refractivity contribution in [1.29, 1.82) is 0 Å². The van der Waals surface area contributed by atoms with E-state index in [9.17, 15) is 5.11 Å². The molecule has 1 N–H and O–H groups in total. The molecule has 2 atom stereocenters. The number of aliphatic hydroxyl groups excluding tert-OH is 1. The Morgan fingerprint density at radius 1 is 0.864 bits per heavy atom. The van der Waals surface area contributed by atoms with E-state index < -0.39 is 6.10 Å². The van der Waals surface area contributed by atoms with Gasteiger partial charge >= 0.3 is 0 Å². The summed E-state index contributed by atoms with van der Waals surface area (Å²) in [5, 5.41) is 9.55. The molecular weight excluding hydrogens is 280 g/mol. The van der Waals surface area contributed by atoms with Gasteiger partial charge in [-0.3, -0.25) is 0 Å². The summed E-state index contributed by atoms with van der Waals surface area (Å²) in [5.41, 5.74) is 0. The van der Waals surface area contributed by atoms with E-state index in [4.69, 9.17) is 14.2 Å². The average molecular weight is 316 g/mol. The first kappa shape index (κ1) is 19.9. The molecule has 1 aliphatic rings. The molecule has 132 valence electrons. The smallest absolute Gasteiger partial charge is 0.0830 e. The Morgan fingerprint density at radius 2 is 1.50 bits per heavy atom. The Balaban J connectivity index is 1.96. The normalized spacial score (nSPS) is 24.3. The zero-order valence-corrected chi connectivity index (χ0v) is 14.4. The van der Waals surface area contributed by atoms with E-state index in [1.165, 1.54) is 44.9 Å². The molecule has 4 heteroatoms. The number of aliphatic hydroxyl groups is 1. The van der Waals surface area contributed by atoms with E-state index in [1.807, 2.05) is 0 Å². The number of unbranched alkanes of at least 4 members (excludes halogenated alkanes) is 7. The van der Waals surface area contributed by atoms with Crippen molar-refractivity contribution in [2.45, 2.75) is 83.3 Å². The molecule has 0 aromatic carbocycles. The Bertz CT molecular complexity index is 223. The summed E-state index contributed by atoms with van der Waals surface area (Å²) >= 11 is 0. The molecular formula is C18H36O4. The molecule has 1 saturated heterocycles. The molecule has 1 heterocycles. The summed E-state index contributed by atoms with van der Waals surface area (Å²) in [6, 6.07) is 0. The Hall–Kier alpha value is -0.160. The van der Waals surface area contributed by atoms with E-state index in [0.717, 1.165) is 19.4 Å². The van der Waals surface area contributed by atoms with Crippen LogP contribution in [0.2, 0.25) is 0 Å². The minimum absolute atomic E-state index is 0.139. The van der Waals surface area contributed by atoms with Crippen molar-refractivity contribution in [3.8, 4) is 0 Å². The van der Waals surface area contributed by atoms with Crippen LogP contribution in [0, 0.1) is 0 Å². The summed E-state index contributed by atoms with van der Waals surface area (Å²) in [6.07, 6.45) is 11.8. The highest BCUT2D eigenvalue weighted by Gasteiger charge is 2.13. The van der Waals surface area contributed by atoms with E-state index in [0.29, 0.717) is 32.8 Å². The van der Waals surface area contributed by atoms with Crippen molar-refractivity contribution in [1.82, 2.24) is 0 Å². The lowest BCUT2D eigenvalue weighted by Gasteiger charge is -2.21. The van der Waals surface area contributed by atoms with Crippen molar-refractivity contribution in [3.63, 3.8) is 0 Å². The van der Waals surface area contributed by atoms with E-state index in [2.05, 4.69) is 6.92 Å². The third-order valence-electron chi connectivity index (χ3n) is 4.15. The minimum Gasteiger partial charge on any atom is -0.391 e. The van der Waals surface area contributed by atoms with Gasteiger partial charge in [0.1, 0.15) is 0 Å². The summed E-state index contributed by atoms with van der Waals surface area (Å²) in [6.45, 7) is 5.34. The van der Waals surface area contributed by atoms with Gasteiger partial charge in [0, 0.05) is 19.8 Å². The first-order valence-electron chi connectivity index (χ1n) is 9.28. The standard InChI is InChI=1S/C18H36O4/c1-2-3-4-5-6-7-8-9-12-22-18-11-14-20-15-17(19)10-13-21-16-18/h17-19H,2-16H2,1H3. The zero-order chi connectivity index (χ0) is 15.9. The minimum atomic E-state index is -0.394. The molecule has 22 heavy (non-hydrogen) atoms. The van der Waals surface area contributed by atoms with Crippen LogP contribution >= 0.6 is 0 Å². The fourth-order valence-electron chi connectivity index (χ4n) is 2.65. The molecule has 0 bridgehead atoms. The van der Waals surface area contributed by atoms with Crippen molar-refractivity contribution < 1.29 is 19.3 Å². The maximum absolute atomic E-state index is 9.55. The quantitative estimate of drug-likeness (QED) is 0.624. The predicted molar refractivity (Wildman–Crippen MR) is 89.2 cm³/mol. The second-order valence-corrected chi connectivity index (χ2v) is 6.35. The van der Waals surface area contributed by atoms with Crippen LogP contribution in [-0.4, -0.2) is 50.3 Å². The van der Waals surface area contributed by atoms with Crippen molar-refractivity contribution in [3.05, 3.63) is 0 Å². The van der Waals surface area contributed by atoms with Gasteiger partial charge in [0.15, 0.2) is 0 Å². The topological polar surface area (TPSA) is 47.9 Å². The molecule has 0 spiro atoms. The van der Waals surface area contributed by atoms with Crippen LogP contribution in [0.15, 0.2) is 0 Å². The maximum atomic E-state index is 9.55. The van der Waals surface area contributed by atoms with Crippen LogP contribution in [-0.2, 0) is 14.2 Å². The van der Waals surface area contributed by atoms with Gasteiger partial charge in [-0.25, -0.2) is 0 Å². The van der Waals surface area contributed by atoms with E-state index in [-0.39, 0.29) is 6.10 Å². The highest BCUT2D eigenvalue weighted by molar-refractivity contribution is 4.61. The molecule has 0 radical (unpaired) electrons. The van der Waals surface area contributed by atoms with Crippen LogP contribution in [0.1, 0.15) is 71.1 Å². The van der Waals surface area contributed by atoms with Gasteiger partial charge in [0.25, 0.3) is 0 Å². The van der Waals surface area contributed by atoms with Gasteiger partial charge in [0.05, 0.1) is 25.4 Å². The number of rotatable bonds is 10. The largest absolute Gasteiger partial charge is 0.391 e. The van der Waals surface area contributed by atoms with Crippen LogP contribution in [0.4, 0.5) is 0 Å². The fourth-order valence-corrected chi connectivity index (χ4v) is 2.65. The lowest BCUT2D eigenvalue weighted by molar-refractivity contribution is -0.0617. The molecule has 4 nitrogen and oxygen atoms in total. The van der Waals surface area contributed by atoms with Crippen LogP contribution in [0.3, 0.4) is 0 Å². The SMILES string of the molecule is CCCCCCCCCCOC1CCOCC(O)CCOC1. The van der Waals surface area contributed by atoms with Gasteiger partial charge in [-0.05, 0) is 19.3 Å². The van der Waals surface area contributed by atoms with Gasteiger partial charge in [-0.1, -0.05) is 51.9 Å².